The fraction of sp³-hybridized carbons (Fsp3) is 0.613. The predicted molar refractivity (Wildman–Crippen MR) is 152 cm³/mol. The van der Waals surface area contributed by atoms with Gasteiger partial charge in [0.2, 0.25) is 5.91 Å². The summed E-state index contributed by atoms with van der Waals surface area (Å²) in [7, 11) is 3.43. The van der Waals surface area contributed by atoms with Crippen molar-refractivity contribution in [3.63, 3.8) is 0 Å². The first-order valence-electron chi connectivity index (χ1n) is 15.1. The molecular weight excluding hydrogens is 520 g/mol. The zero-order chi connectivity index (χ0) is 28.4. The molecule has 2 heterocycles. The zero-order valence-corrected chi connectivity index (χ0v) is 23.9. The number of hydrogen-bond donors (Lipinski definition) is 3. The molecule has 3 saturated carbocycles. The molecule has 1 saturated heterocycles. The van der Waals surface area contributed by atoms with Crippen molar-refractivity contribution in [2.75, 3.05) is 32.1 Å². The van der Waals surface area contributed by atoms with E-state index in [2.05, 4.69) is 27.1 Å². The molecule has 4 aliphatic carbocycles. The Morgan fingerprint density at radius 1 is 1.12 bits per heavy atom. The maximum Gasteiger partial charge on any atom is 0.318 e. The number of fused-ring (bicyclic) bond motifs is 1. The number of hydrogen-bond acceptors (Lipinski definition) is 5. The summed E-state index contributed by atoms with van der Waals surface area (Å²) < 4.78 is 7.23. The lowest BCUT2D eigenvalue weighted by atomic mass is 9.88. The molecule has 2 atom stereocenters. The van der Waals surface area contributed by atoms with Crippen molar-refractivity contribution in [3.05, 3.63) is 47.3 Å². The molecule has 1 aromatic heterocycles. The monoisotopic (exact) mass is 560 g/mol. The second-order valence-electron chi connectivity index (χ2n) is 13.3. The molecule has 1 aliphatic heterocycles. The maximum absolute atomic E-state index is 13.9. The average molecular weight is 561 g/mol. The van der Waals surface area contributed by atoms with Crippen LogP contribution in [0.2, 0.25) is 0 Å². The van der Waals surface area contributed by atoms with E-state index in [0.717, 1.165) is 63.6 Å². The van der Waals surface area contributed by atoms with Crippen LogP contribution in [0.15, 0.2) is 30.5 Å². The van der Waals surface area contributed by atoms with E-state index in [1.807, 2.05) is 17.0 Å². The van der Waals surface area contributed by atoms with Crippen LogP contribution in [0.1, 0.15) is 60.1 Å². The molecule has 1 aromatic carbocycles. The van der Waals surface area contributed by atoms with Crippen molar-refractivity contribution in [2.24, 2.45) is 30.2 Å². The third-order valence-corrected chi connectivity index (χ3v) is 10.1. The molecule has 10 heteroatoms. The number of ether oxygens (including phenoxy) is 1. The predicted octanol–water partition coefficient (Wildman–Crippen LogP) is 2.88. The summed E-state index contributed by atoms with van der Waals surface area (Å²) in [6.07, 6.45) is 9.73. The van der Waals surface area contributed by atoms with Crippen LogP contribution in [0.25, 0.3) is 0 Å². The van der Waals surface area contributed by atoms with Crippen LogP contribution in [0.3, 0.4) is 0 Å². The highest BCUT2D eigenvalue weighted by Gasteiger charge is 2.54. The van der Waals surface area contributed by atoms with Gasteiger partial charge in [0.15, 0.2) is 0 Å². The summed E-state index contributed by atoms with van der Waals surface area (Å²) in [4.78, 5) is 42.1. The van der Waals surface area contributed by atoms with Gasteiger partial charge in [-0.25, -0.2) is 4.79 Å². The normalized spacial score (nSPS) is 25.1. The van der Waals surface area contributed by atoms with Gasteiger partial charge in [0.25, 0.3) is 5.91 Å². The molecule has 218 valence electrons. The Morgan fingerprint density at radius 3 is 2.49 bits per heavy atom. The lowest BCUT2D eigenvalue weighted by Gasteiger charge is -2.45. The van der Waals surface area contributed by atoms with Gasteiger partial charge < -0.3 is 25.6 Å². The standard InChI is InChI=1S/C31H40N6O4/c1-36-24(9-12-33-36)27(38)35-26(25(19-3-4-19)20-5-6-20)28(39)34-23-8-7-21-14-31(18-41-2,15-22(21)13-23)37-17-30(10-11-30)16-32-29(37)40/h7-9,12-13,19-20,25-26H,3-6,10-11,14-18H2,1-2H3,(H,32,40)(H,34,39)(H,35,38)/t26-,31?/m0/s1. The van der Waals surface area contributed by atoms with Gasteiger partial charge in [-0.3, -0.25) is 14.3 Å². The smallest absolute Gasteiger partial charge is 0.318 e. The van der Waals surface area contributed by atoms with Gasteiger partial charge in [-0.05, 0) is 98.4 Å². The van der Waals surface area contributed by atoms with Crippen LogP contribution >= 0.6 is 0 Å². The first kappa shape index (κ1) is 26.5. The molecule has 7 rings (SSSR count). The van der Waals surface area contributed by atoms with Crippen LogP contribution in [-0.2, 0) is 29.4 Å². The van der Waals surface area contributed by atoms with Gasteiger partial charge in [0.1, 0.15) is 11.7 Å². The van der Waals surface area contributed by atoms with Crippen molar-refractivity contribution >= 4 is 23.5 Å². The minimum Gasteiger partial charge on any atom is -0.382 e. The van der Waals surface area contributed by atoms with Crippen LogP contribution in [0, 0.1) is 23.2 Å². The molecule has 1 unspecified atom stereocenters. The molecule has 5 aliphatic rings. The highest BCUT2D eigenvalue weighted by atomic mass is 16.5. The van der Waals surface area contributed by atoms with E-state index < -0.39 is 11.6 Å². The Kier molecular flexibility index (Phi) is 6.37. The lowest BCUT2D eigenvalue weighted by Crippen LogP contribution is -2.64. The summed E-state index contributed by atoms with van der Waals surface area (Å²) >= 11 is 0. The van der Waals surface area contributed by atoms with Crippen LogP contribution < -0.4 is 16.0 Å². The minimum atomic E-state index is -0.606. The van der Waals surface area contributed by atoms with Gasteiger partial charge >= 0.3 is 6.03 Å². The number of anilines is 1. The summed E-state index contributed by atoms with van der Waals surface area (Å²) in [5.74, 6) is 0.651. The highest BCUT2D eigenvalue weighted by molar-refractivity contribution is 6.00. The number of rotatable bonds is 10. The van der Waals surface area contributed by atoms with Crippen molar-refractivity contribution in [1.82, 2.24) is 25.3 Å². The highest BCUT2D eigenvalue weighted by Crippen LogP contribution is 2.51. The number of methoxy groups -OCH3 is 1. The molecular formula is C31H40N6O4. The first-order valence-corrected chi connectivity index (χ1v) is 15.1. The van der Waals surface area contributed by atoms with Crippen LogP contribution in [-0.4, -0.2) is 70.9 Å². The zero-order valence-electron chi connectivity index (χ0n) is 23.9. The Hall–Kier alpha value is -3.40. The third-order valence-electron chi connectivity index (χ3n) is 10.1. The van der Waals surface area contributed by atoms with Gasteiger partial charge in [-0.2, -0.15) is 5.10 Å². The second kappa shape index (κ2) is 9.86. The van der Waals surface area contributed by atoms with Gasteiger partial charge in [-0.15, -0.1) is 0 Å². The topological polar surface area (TPSA) is 118 Å². The van der Waals surface area contributed by atoms with E-state index in [9.17, 15) is 14.4 Å². The lowest BCUT2D eigenvalue weighted by molar-refractivity contribution is -0.119. The number of nitrogens with zero attached hydrogens (tertiary/aromatic N) is 3. The van der Waals surface area contributed by atoms with Gasteiger partial charge in [0.05, 0.1) is 12.1 Å². The summed E-state index contributed by atoms with van der Waals surface area (Å²) in [5, 5.41) is 13.5. The Balaban J connectivity index is 1.11. The summed E-state index contributed by atoms with van der Waals surface area (Å²) in [5.41, 5.74) is 3.22. The van der Waals surface area contributed by atoms with E-state index in [-0.39, 0.29) is 29.2 Å². The third kappa shape index (κ3) is 5.00. The number of aryl methyl sites for hydroxylation is 1. The first-order chi connectivity index (χ1) is 19.8. The SMILES string of the molecule is COCC1(N2CC3(CC3)CNC2=O)Cc2ccc(NC(=O)[C@@H](NC(=O)c3ccnn3C)C(C3CC3)C3CC3)cc2C1. The van der Waals surface area contributed by atoms with E-state index >= 15 is 0 Å². The summed E-state index contributed by atoms with van der Waals surface area (Å²) in [6.45, 7) is 1.98. The number of amides is 4. The van der Waals surface area contributed by atoms with Crippen molar-refractivity contribution in [3.8, 4) is 0 Å². The minimum absolute atomic E-state index is 0.0147. The van der Waals surface area contributed by atoms with E-state index in [4.69, 9.17) is 4.74 Å². The fourth-order valence-corrected chi connectivity index (χ4v) is 7.43. The van der Waals surface area contributed by atoms with E-state index in [1.165, 1.54) is 10.2 Å². The largest absolute Gasteiger partial charge is 0.382 e. The Morgan fingerprint density at radius 2 is 1.85 bits per heavy atom. The van der Waals surface area contributed by atoms with E-state index in [0.29, 0.717) is 36.2 Å². The number of carbonyl (C=O) groups is 3. The number of nitrogens with one attached hydrogen (secondary N) is 3. The molecule has 4 fully saturated rings. The number of benzene rings is 1. The number of urea groups is 1. The van der Waals surface area contributed by atoms with Crippen molar-refractivity contribution in [2.45, 2.75) is 62.9 Å². The van der Waals surface area contributed by atoms with Crippen molar-refractivity contribution < 1.29 is 19.1 Å². The molecule has 4 amide bonds. The second-order valence-corrected chi connectivity index (χ2v) is 13.3. The molecule has 10 nitrogen and oxygen atoms in total. The molecule has 0 bridgehead atoms. The fourth-order valence-electron chi connectivity index (χ4n) is 7.43. The molecule has 2 aromatic rings. The van der Waals surface area contributed by atoms with Crippen LogP contribution in [0.5, 0.6) is 0 Å². The molecule has 41 heavy (non-hydrogen) atoms. The van der Waals surface area contributed by atoms with E-state index in [1.54, 1.807) is 26.4 Å². The maximum atomic E-state index is 13.9. The van der Waals surface area contributed by atoms with Gasteiger partial charge in [-0.1, -0.05) is 6.07 Å². The number of carbonyl (C=O) groups excluding carboxylic acids is 3. The summed E-state index contributed by atoms with van der Waals surface area (Å²) in [6, 6.07) is 7.11. The van der Waals surface area contributed by atoms with Gasteiger partial charge in [0, 0.05) is 44.5 Å². The van der Waals surface area contributed by atoms with Crippen LogP contribution in [0.4, 0.5) is 10.5 Å². The van der Waals surface area contributed by atoms with Crippen molar-refractivity contribution in [1.29, 1.82) is 0 Å². The average Bonchev–Trinajstić information content (AvgIpc) is 3.88. The molecule has 0 radical (unpaired) electrons. The Labute approximate surface area is 240 Å². The molecule has 3 N–H and O–H groups in total. The Bertz CT molecular complexity index is 1360. The quantitative estimate of drug-likeness (QED) is 0.413. The molecule has 1 spiro atoms. The number of aromatic nitrogens is 2.